The van der Waals surface area contributed by atoms with Crippen molar-refractivity contribution in [1.82, 2.24) is 9.97 Å². The van der Waals surface area contributed by atoms with Gasteiger partial charge < -0.3 is 8.05 Å². The summed E-state index contributed by atoms with van der Waals surface area (Å²) in [4.78, 5) is 7.70. The van der Waals surface area contributed by atoms with E-state index in [-0.39, 0.29) is 0 Å². The first-order valence-electron chi connectivity index (χ1n) is 5.41. The number of H-pyrrole nitrogens is 1. The van der Waals surface area contributed by atoms with E-state index in [1.807, 2.05) is 53.3 Å². The van der Waals surface area contributed by atoms with Gasteiger partial charge in [-0.25, -0.2) is 4.98 Å². The molecule has 0 saturated heterocycles. The van der Waals surface area contributed by atoms with Gasteiger partial charge in [-0.05, 0) is 36.4 Å². The number of aromatic amines is 1. The maximum Gasteiger partial charge on any atom is 0.192 e. The number of fused-ring (bicyclic) bond motifs is 1. The third kappa shape index (κ3) is 2.52. The molecule has 3 nitrogen and oxygen atoms in total. The number of nitrogens with one attached hydrogen (secondary N) is 1. The summed E-state index contributed by atoms with van der Waals surface area (Å²) in [6.45, 7) is 0. The molecule has 0 aliphatic rings. The van der Waals surface area contributed by atoms with E-state index in [0.29, 0.717) is 10.0 Å². The Morgan fingerprint density at radius 2 is 1.84 bits per heavy atom. The monoisotopic (exact) mass is 404 g/mol. The lowest BCUT2D eigenvalue weighted by Crippen LogP contribution is -1.80. The highest BCUT2D eigenvalue weighted by Crippen LogP contribution is 2.29. The number of halogens is 3. The zero-order valence-corrected chi connectivity index (χ0v) is 13.1. The van der Waals surface area contributed by atoms with Crippen molar-refractivity contribution in [3.8, 4) is 17.1 Å². The van der Waals surface area contributed by atoms with Gasteiger partial charge in [-0.15, -0.1) is 0 Å². The average Bonchev–Trinajstić information content (AvgIpc) is 2.83. The molecule has 0 aliphatic heterocycles. The van der Waals surface area contributed by atoms with Gasteiger partial charge in [-0.1, -0.05) is 23.2 Å². The van der Waals surface area contributed by atoms with Gasteiger partial charge in [-0.3, -0.25) is 0 Å². The molecule has 2 aromatic carbocycles. The quantitative estimate of drug-likeness (QED) is 0.591. The Labute approximate surface area is 133 Å². The van der Waals surface area contributed by atoms with Crippen LogP contribution in [0.5, 0.6) is 5.75 Å². The fourth-order valence-electron chi connectivity index (χ4n) is 1.84. The van der Waals surface area contributed by atoms with E-state index in [1.165, 1.54) is 0 Å². The molecule has 96 valence electrons. The molecule has 0 saturated carbocycles. The van der Waals surface area contributed by atoms with Gasteiger partial charge in [0.15, 0.2) is 23.0 Å². The van der Waals surface area contributed by atoms with Gasteiger partial charge in [0.1, 0.15) is 17.1 Å². The first kappa shape index (κ1) is 13.0. The minimum atomic E-state index is 0.539. The summed E-state index contributed by atoms with van der Waals surface area (Å²) in [5.74, 6) is 1.54. The first-order valence-corrected chi connectivity index (χ1v) is 7.05. The number of hydrogen-bond acceptors (Lipinski definition) is 2. The molecule has 6 heteroatoms. The molecule has 1 aromatic heterocycles. The summed E-state index contributed by atoms with van der Waals surface area (Å²) < 4.78 is 5.10. The minimum Gasteiger partial charge on any atom is -0.428 e. The topological polar surface area (TPSA) is 37.9 Å². The predicted molar refractivity (Wildman–Crippen MR) is 86.2 cm³/mol. The Kier molecular flexibility index (Phi) is 3.56. The second kappa shape index (κ2) is 5.19. The molecule has 3 aromatic rings. The molecule has 3 rings (SSSR count). The number of imidazole rings is 1. The van der Waals surface area contributed by atoms with Crippen LogP contribution in [0.15, 0.2) is 36.4 Å². The van der Waals surface area contributed by atoms with Crippen LogP contribution in [0.3, 0.4) is 0 Å². The molecule has 1 N–H and O–H groups in total. The molecule has 0 unspecified atom stereocenters. The van der Waals surface area contributed by atoms with Gasteiger partial charge in [0.2, 0.25) is 0 Å². The minimum absolute atomic E-state index is 0.539. The molecule has 19 heavy (non-hydrogen) atoms. The van der Waals surface area contributed by atoms with E-state index >= 15 is 0 Å². The highest BCUT2D eigenvalue weighted by Gasteiger charge is 2.09. The Hall–Kier alpha value is -0.980. The smallest absolute Gasteiger partial charge is 0.192 e. The average molecular weight is 405 g/mol. The van der Waals surface area contributed by atoms with E-state index in [2.05, 4.69) is 9.97 Å². The highest BCUT2D eigenvalue weighted by molar-refractivity contribution is 14.1. The number of hydrogen-bond donors (Lipinski definition) is 1. The van der Waals surface area contributed by atoms with Crippen LogP contribution in [-0.2, 0) is 0 Å². The van der Waals surface area contributed by atoms with Crippen LogP contribution in [0, 0.1) is 0 Å². The molecule has 0 radical (unpaired) electrons. The zero-order valence-electron chi connectivity index (χ0n) is 9.45. The van der Waals surface area contributed by atoms with E-state index in [0.717, 1.165) is 28.2 Å². The fraction of sp³-hybridized carbons (Fsp3) is 0. The molecule has 0 bridgehead atoms. The van der Waals surface area contributed by atoms with E-state index in [9.17, 15) is 0 Å². The summed E-state index contributed by atoms with van der Waals surface area (Å²) in [5, 5.41) is 1.12. The van der Waals surface area contributed by atoms with Crippen LogP contribution in [0.4, 0.5) is 0 Å². The second-order valence-corrected chi connectivity index (χ2v) is 5.25. The molecule has 0 amide bonds. The second-order valence-electron chi connectivity index (χ2n) is 3.97. The molecular formula is C13H7Cl2IN2O. The third-order valence-electron chi connectivity index (χ3n) is 2.72. The number of nitrogens with zero attached hydrogens (tertiary/aromatic N) is 1. The largest absolute Gasteiger partial charge is 0.428 e. The Morgan fingerprint density at radius 3 is 2.53 bits per heavy atom. The molecular weight excluding hydrogens is 398 g/mol. The van der Waals surface area contributed by atoms with E-state index in [1.54, 1.807) is 6.07 Å². The van der Waals surface area contributed by atoms with Crippen molar-refractivity contribution in [3.05, 3.63) is 46.4 Å². The Bertz CT molecular complexity index is 740. The number of rotatable bonds is 2. The van der Waals surface area contributed by atoms with Crippen LogP contribution >= 0.6 is 46.2 Å². The summed E-state index contributed by atoms with van der Waals surface area (Å²) in [6.07, 6.45) is 0. The van der Waals surface area contributed by atoms with Crippen molar-refractivity contribution in [2.75, 3.05) is 0 Å². The first-order chi connectivity index (χ1) is 9.17. The van der Waals surface area contributed by atoms with E-state index < -0.39 is 0 Å². The Balaban J connectivity index is 2.12. The van der Waals surface area contributed by atoms with E-state index in [4.69, 9.17) is 26.3 Å². The molecule has 1 heterocycles. The van der Waals surface area contributed by atoms with Crippen molar-refractivity contribution >= 4 is 57.2 Å². The van der Waals surface area contributed by atoms with Crippen LogP contribution in [0.2, 0.25) is 10.0 Å². The van der Waals surface area contributed by atoms with Crippen LogP contribution in [0.25, 0.3) is 22.4 Å². The lowest BCUT2D eigenvalue weighted by molar-refractivity contribution is 0.717. The third-order valence-corrected chi connectivity index (χ3v) is 3.74. The normalized spacial score (nSPS) is 10.9. The summed E-state index contributed by atoms with van der Waals surface area (Å²) in [6, 6.07) is 11.1. The van der Waals surface area contributed by atoms with Gasteiger partial charge in [0.05, 0.1) is 10.5 Å². The van der Waals surface area contributed by atoms with Gasteiger partial charge in [0.25, 0.3) is 0 Å². The number of aromatic nitrogens is 2. The molecule has 0 atom stereocenters. The Morgan fingerprint density at radius 1 is 1.11 bits per heavy atom. The number of benzene rings is 2. The van der Waals surface area contributed by atoms with Crippen molar-refractivity contribution in [2.24, 2.45) is 0 Å². The van der Waals surface area contributed by atoms with Crippen molar-refractivity contribution in [3.63, 3.8) is 0 Å². The summed E-state index contributed by atoms with van der Waals surface area (Å²) in [7, 11) is 0. The maximum absolute atomic E-state index is 6.12. The zero-order chi connectivity index (χ0) is 13.4. The lowest BCUT2D eigenvalue weighted by Gasteiger charge is -1.98. The fourth-order valence-corrected chi connectivity index (χ4v) is 2.67. The van der Waals surface area contributed by atoms with Crippen molar-refractivity contribution < 1.29 is 3.07 Å². The van der Waals surface area contributed by atoms with Gasteiger partial charge in [0, 0.05) is 10.6 Å². The summed E-state index contributed by atoms with van der Waals surface area (Å²) in [5.41, 5.74) is 2.50. The van der Waals surface area contributed by atoms with Crippen molar-refractivity contribution in [2.45, 2.75) is 0 Å². The standard InChI is InChI=1S/C13H7Cl2IN2O/c14-8-5-10(15)12-11(6-8)17-13(18-12)7-1-3-9(19-16)4-2-7/h1-6H,(H,17,18). The highest BCUT2D eigenvalue weighted by atomic mass is 127. The SMILES string of the molecule is Clc1cc(Cl)c2nc(-c3ccc(OI)cc3)[nH]c2c1. The molecule has 0 fully saturated rings. The van der Waals surface area contributed by atoms with Crippen LogP contribution < -0.4 is 3.07 Å². The predicted octanol–water partition coefficient (Wildman–Crippen LogP) is 5.27. The van der Waals surface area contributed by atoms with Gasteiger partial charge in [-0.2, -0.15) is 0 Å². The van der Waals surface area contributed by atoms with Crippen LogP contribution in [-0.4, -0.2) is 9.97 Å². The lowest BCUT2D eigenvalue weighted by atomic mass is 10.2. The molecule has 0 aliphatic carbocycles. The van der Waals surface area contributed by atoms with Gasteiger partial charge >= 0.3 is 0 Å². The maximum atomic E-state index is 6.12. The van der Waals surface area contributed by atoms with Crippen molar-refractivity contribution in [1.29, 1.82) is 0 Å². The summed E-state index contributed by atoms with van der Waals surface area (Å²) >= 11 is 13.9. The van der Waals surface area contributed by atoms with Crippen LogP contribution in [0.1, 0.15) is 0 Å². The molecule has 0 spiro atoms.